The lowest BCUT2D eigenvalue weighted by Gasteiger charge is -2.34. The largest absolute Gasteiger partial charge is 0.371 e. The van der Waals surface area contributed by atoms with E-state index in [-0.39, 0.29) is 0 Å². The van der Waals surface area contributed by atoms with Gasteiger partial charge >= 0.3 is 0 Å². The zero-order chi connectivity index (χ0) is 18.4. The average Bonchev–Trinajstić information content (AvgIpc) is 2.85. The van der Waals surface area contributed by atoms with E-state index < -0.39 is 0 Å². The van der Waals surface area contributed by atoms with E-state index >= 15 is 0 Å². The lowest BCUT2D eigenvalue weighted by Crippen LogP contribution is -2.46. The third-order valence-corrected chi connectivity index (χ3v) is 5.62. The number of hydrogen-bond donors (Lipinski definition) is 1. The van der Waals surface area contributed by atoms with E-state index in [2.05, 4.69) is 68.0 Å². The van der Waals surface area contributed by atoms with E-state index in [0.717, 1.165) is 31.9 Å². The molecule has 2 aliphatic rings. The monoisotopic (exact) mass is 347 g/mol. The van der Waals surface area contributed by atoms with Crippen molar-refractivity contribution < 1.29 is 0 Å². The van der Waals surface area contributed by atoms with E-state index in [9.17, 15) is 0 Å². The van der Waals surface area contributed by atoms with Crippen LogP contribution in [0.5, 0.6) is 0 Å². The quantitative estimate of drug-likeness (QED) is 0.591. The molecule has 2 rings (SSSR count). The number of nitrogens with one attached hydrogen (secondary N) is 1. The summed E-state index contributed by atoms with van der Waals surface area (Å²) in [5.41, 5.74) is 0. The molecule has 1 fully saturated rings. The highest BCUT2D eigenvalue weighted by atomic mass is 15.3. The van der Waals surface area contributed by atoms with Crippen LogP contribution in [0.3, 0.4) is 0 Å². The Kier molecular flexibility index (Phi) is 7.45. The molecule has 5 atom stereocenters. The molecule has 1 N–H and O–H groups in total. The molecule has 0 aromatic rings. The molecule has 0 radical (unpaired) electrons. The van der Waals surface area contributed by atoms with E-state index in [4.69, 9.17) is 4.99 Å². The highest BCUT2D eigenvalue weighted by Crippen LogP contribution is 2.36. The fourth-order valence-electron chi connectivity index (χ4n) is 4.29. The molecular weight excluding hydrogens is 310 g/mol. The van der Waals surface area contributed by atoms with Crippen LogP contribution in [0.25, 0.3) is 0 Å². The summed E-state index contributed by atoms with van der Waals surface area (Å²) in [6.07, 6.45) is 5.61. The molecule has 2 heterocycles. The van der Waals surface area contributed by atoms with Gasteiger partial charge in [0.15, 0.2) is 0 Å². The molecule has 0 spiro atoms. The second kappa shape index (κ2) is 9.35. The predicted octanol–water partition coefficient (Wildman–Crippen LogP) is 3.40. The molecule has 0 saturated carbocycles. The number of nitrogens with zero attached hydrogens (tertiary/aromatic N) is 4. The molecule has 5 unspecified atom stereocenters. The lowest BCUT2D eigenvalue weighted by molar-refractivity contribution is 0.254. The third-order valence-electron chi connectivity index (χ3n) is 5.62. The van der Waals surface area contributed by atoms with Gasteiger partial charge in [-0.1, -0.05) is 13.8 Å². The van der Waals surface area contributed by atoms with Crippen LogP contribution < -0.4 is 5.32 Å². The Bertz CT molecular complexity index is 510. The first kappa shape index (κ1) is 19.9. The Morgan fingerprint density at radius 1 is 1.40 bits per heavy atom. The van der Waals surface area contributed by atoms with Gasteiger partial charge in [-0.15, -0.1) is 0 Å². The van der Waals surface area contributed by atoms with Gasteiger partial charge in [-0.05, 0) is 52.9 Å². The van der Waals surface area contributed by atoms with Crippen molar-refractivity contribution in [2.75, 3.05) is 19.6 Å². The molecule has 0 amide bonds. The molecule has 0 aromatic carbocycles. The number of aliphatic imine (C=N–C) groups is 3. The van der Waals surface area contributed by atoms with Gasteiger partial charge in [-0.3, -0.25) is 15.0 Å². The first-order valence-electron chi connectivity index (χ1n) is 10.1. The fourth-order valence-corrected chi connectivity index (χ4v) is 4.29. The van der Waals surface area contributed by atoms with Crippen molar-refractivity contribution in [3.63, 3.8) is 0 Å². The van der Waals surface area contributed by atoms with Crippen LogP contribution in [0.15, 0.2) is 15.0 Å². The smallest absolute Gasteiger partial charge is 0.105 e. The summed E-state index contributed by atoms with van der Waals surface area (Å²) in [4.78, 5) is 16.7. The summed E-state index contributed by atoms with van der Waals surface area (Å²) in [7, 11) is 0. The van der Waals surface area contributed by atoms with E-state index in [1.54, 1.807) is 0 Å². The fraction of sp³-hybridized carbons (Fsp3) is 0.850. The number of likely N-dealkylation sites (tertiary alicyclic amines) is 1. The summed E-state index contributed by atoms with van der Waals surface area (Å²) in [5.74, 6) is 3.28. The Balaban J connectivity index is 2.22. The average molecular weight is 348 g/mol. The van der Waals surface area contributed by atoms with Gasteiger partial charge in [0.1, 0.15) is 5.84 Å². The third kappa shape index (κ3) is 4.62. The normalized spacial score (nSPS) is 33.1. The first-order chi connectivity index (χ1) is 12.0. The molecule has 1 saturated heterocycles. The van der Waals surface area contributed by atoms with Gasteiger partial charge in [-0.25, -0.2) is 0 Å². The Hall–Kier alpha value is -1.39. The Morgan fingerprint density at radius 2 is 2.16 bits per heavy atom. The summed E-state index contributed by atoms with van der Waals surface area (Å²) >= 11 is 0. The van der Waals surface area contributed by atoms with Crippen molar-refractivity contribution in [3.05, 3.63) is 0 Å². The first-order valence-corrected chi connectivity index (χ1v) is 10.1. The summed E-state index contributed by atoms with van der Waals surface area (Å²) in [6, 6.07) is 1.22. The number of rotatable bonds is 6. The Morgan fingerprint density at radius 3 is 2.76 bits per heavy atom. The van der Waals surface area contributed by atoms with Gasteiger partial charge < -0.3 is 10.2 Å². The molecule has 0 bridgehead atoms. The maximum absolute atomic E-state index is 4.95. The van der Waals surface area contributed by atoms with Crippen LogP contribution in [0, 0.1) is 11.8 Å². The second-order valence-corrected chi connectivity index (χ2v) is 7.53. The molecule has 0 aliphatic carbocycles. The van der Waals surface area contributed by atoms with Gasteiger partial charge in [0.2, 0.25) is 0 Å². The van der Waals surface area contributed by atoms with Crippen molar-refractivity contribution >= 4 is 17.9 Å². The van der Waals surface area contributed by atoms with Crippen molar-refractivity contribution in [1.29, 1.82) is 0 Å². The standard InChI is InChI=1S/C20H37N5/c1-7-11-23-17(6)24-15(4)19-14(3)16(5)25(20(19)22-8-2)18-10-9-12-21-13-18/h13-16,18-19H,7-12H2,1-6H3,(H,23,24). The second-order valence-electron chi connectivity index (χ2n) is 7.53. The number of hydrogen-bond acceptors (Lipinski definition) is 3. The molecule has 25 heavy (non-hydrogen) atoms. The van der Waals surface area contributed by atoms with Crippen LogP contribution in [0.2, 0.25) is 0 Å². The SMILES string of the molecule is CCCN=C(C)NC(C)C1C(=NCC)N(C2C=NCCC2)C(C)C1C. The summed E-state index contributed by atoms with van der Waals surface area (Å²) < 4.78 is 0. The van der Waals surface area contributed by atoms with Gasteiger partial charge in [0, 0.05) is 43.9 Å². The van der Waals surface area contributed by atoms with Crippen molar-refractivity contribution in [2.24, 2.45) is 26.8 Å². The van der Waals surface area contributed by atoms with Crippen LogP contribution >= 0.6 is 0 Å². The number of amidine groups is 2. The van der Waals surface area contributed by atoms with Crippen molar-refractivity contribution in [1.82, 2.24) is 10.2 Å². The van der Waals surface area contributed by atoms with Gasteiger partial charge in [0.25, 0.3) is 0 Å². The summed E-state index contributed by atoms with van der Waals surface area (Å²) in [5, 5.41) is 3.63. The minimum absolute atomic E-state index is 0.328. The van der Waals surface area contributed by atoms with E-state index in [1.807, 2.05) is 0 Å². The van der Waals surface area contributed by atoms with E-state index in [0.29, 0.717) is 30.0 Å². The van der Waals surface area contributed by atoms with E-state index in [1.165, 1.54) is 18.7 Å². The summed E-state index contributed by atoms with van der Waals surface area (Å²) in [6.45, 7) is 16.1. The van der Waals surface area contributed by atoms with Gasteiger partial charge in [-0.2, -0.15) is 0 Å². The predicted molar refractivity (Wildman–Crippen MR) is 109 cm³/mol. The molecular formula is C20H37N5. The van der Waals surface area contributed by atoms with Crippen molar-refractivity contribution in [3.8, 4) is 0 Å². The molecule has 2 aliphatic heterocycles. The molecule has 142 valence electrons. The topological polar surface area (TPSA) is 52.4 Å². The van der Waals surface area contributed by atoms with Crippen LogP contribution in [0.1, 0.15) is 60.8 Å². The molecule has 5 heteroatoms. The molecule has 0 aromatic heterocycles. The highest BCUT2D eigenvalue weighted by molar-refractivity contribution is 5.91. The maximum atomic E-state index is 4.95. The minimum Gasteiger partial charge on any atom is -0.371 e. The highest BCUT2D eigenvalue weighted by Gasteiger charge is 2.46. The lowest BCUT2D eigenvalue weighted by atomic mass is 9.87. The van der Waals surface area contributed by atoms with Gasteiger partial charge in [0.05, 0.1) is 11.9 Å². The Labute approximate surface area is 154 Å². The zero-order valence-corrected chi connectivity index (χ0v) is 17.0. The van der Waals surface area contributed by atoms with Crippen molar-refractivity contribution in [2.45, 2.75) is 78.9 Å². The van der Waals surface area contributed by atoms with Crippen LogP contribution in [0.4, 0.5) is 0 Å². The molecule has 5 nitrogen and oxygen atoms in total. The van der Waals surface area contributed by atoms with Crippen LogP contribution in [-0.4, -0.2) is 60.5 Å². The maximum Gasteiger partial charge on any atom is 0.105 e. The zero-order valence-electron chi connectivity index (χ0n) is 17.0. The van der Waals surface area contributed by atoms with Crippen LogP contribution in [-0.2, 0) is 0 Å². The minimum atomic E-state index is 0.328.